The van der Waals surface area contributed by atoms with Crippen molar-refractivity contribution < 1.29 is 9.59 Å². The van der Waals surface area contributed by atoms with E-state index in [9.17, 15) is 9.59 Å². The Labute approximate surface area is 159 Å². The Balaban J connectivity index is 1.36. The summed E-state index contributed by atoms with van der Waals surface area (Å²) in [4.78, 5) is 32.9. The van der Waals surface area contributed by atoms with Crippen LogP contribution in [0.3, 0.4) is 0 Å². The van der Waals surface area contributed by atoms with Crippen molar-refractivity contribution in [3.05, 3.63) is 23.9 Å². The van der Waals surface area contributed by atoms with Crippen LogP contribution in [0.5, 0.6) is 0 Å². The number of anilines is 1. The molecule has 2 amide bonds. The molecular formula is C19H28N6O2. The number of carbonyl (C=O) groups excluding carboxylic acids is 2. The second-order valence-electron chi connectivity index (χ2n) is 7.94. The van der Waals surface area contributed by atoms with E-state index in [1.165, 1.54) is 0 Å². The number of hydrogen-bond donors (Lipinski definition) is 3. The standard InChI is InChI=1S/C19H28N6O2/c20-16(26)14-2-1-5-22-17(14)24-8-10-25(11-9-24)18(27)15-12-19(13-23-15)3-6-21-7-4-19/h1-2,5,15,21,23H,3-4,6-13H2,(H2,20,26)/t15-/m1/s1. The number of primary amides is 1. The molecule has 0 aliphatic carbocycles. The van der Waals surface area contributed by atoms with Crippen LogP contribution in [0.2, 0.25) is 0 Å². The third-order valence-corrected chi connectivity index (χ3v) is 6.27. The van der Waals surface area contributed by atoms with E-state index in [0.29, 0.717) is 37.6 Å². The normalized spacial score (nSPS) is 25.0. The molecule has 4 rings (SSSR count). The molecule has 1 atom stereocenters. The van der Waals surface area contributed by atoms with Gasteiger partial charge in [0.25, 0.3) is 5.91 Å². The van der Waals surface area contributed by atoms with Gasteiger partial charge in [-0.25, -0.2) is 4.98 Å². The van der Waals surface area contributed by atoms with Gasteiger partial charge in [-0.3, -0.25) is 9.59 Å². The van der Waals surface area contributed by atoms with E-state index < -0.39 is 5.91 Å². The number of pyridine rings is 1. The fourth-order valence-corrected chi connectivity index (χ4v) is 4.63. The van der Waals surface area contributed by atoms with Crippen LogP contribution >= 0.6 is 0 Å². The summed E-state index contributed by atoms with van der Waals surface area (Å²) in [7, 11) is 0. The molecule has 3 saturated heterocycles. The van der Waals surface area contributed by atoms with Crippen molar-refractivity contribution >= 4 is 17.6 Å². The summed E-state index contributed by atoms with van der Waals surface area (Å²) in [5.41, 5.74) is 6.19. The van der Waals surface area contributed by atoms with Crippen LogP contribution in [0.15, 0.2) is 18.3 Å². The van der Waals surface area contributed by atoms with Crippen LogP contribution in [0, 0.1) is 5.41 Å². The monoisotopic (exact) mass is 372 g/mol. The zero-order valence-corrected chi connectivity index (χ0v) is 15.6. The van der Waals surface area contributed by atoms with Gasteiger partial charge < -0.3 is 26.2 Å². The van der Waals surface area contributed by atoms with Crippen LogP contribution in [-0.4, -0.2) is 73.6 Å². The fraction of sp³-hybridized carbons (Fsp3) is 0.632. The first-order valence-corrected chi connectivity index (χ1v) is 9.81. The van der Waals surface area contributed by atoms with Crippen LogP contribution in [0.4, 0.5) is 5.82 Å². The number of amides is 2. The van der Waals surface area contributed by atoms with Gasteiger partial charge in [-0.1, -0.05) is 0 Å². The predicted molar refractivity (Wildman–Crippen MR) is 102 cm³/mol. The lowest BCUT2D eigenvalue weighted by Crippen LogP contribution is -2.53. The van der Waals surface area contributed by atoms with Crippen LogP contribution < -0.4 is 21.3 Å². The average Bonchev–Trinajstić information content (AvgIpc) is 3.11. The molecule has 27 heavy (non-hydrogen) atoms. The molecule has 1 aromatic rings. The number of rotatable bonds is 3. The maximum absolute atomic E-state index is 13.0. The lowest BCUT2D eigenvalue weighted by molar-refractivity contribution is -0.133. The molecule has 0 bridgehead atoms. The van der Waals surface area contributed by atoms with E-state index >= 15 is 0 Å². The van der Waals surface area contributed by atoms with Gasteiger partial charge in [0, 0.05) is 38.9 Å². The molecule has 0 saturated carbocycles. The largest absolute Gasteiger partial charge is 0.365 e. The molecule has 3 aliphatic heterocycles. The predicted octanol–water partition coefficient (Wildman–Crippen LogP) is -0.439. The topological polar surface area (TPSA) is 104 Å². The second-order valence-corrected chi connectivity index (χ2v) is 7.94. The number of nitrogens with one attached hydrogen (secondary N) is 2. The first-order chi connectivity index (χ1) is 13.1. The SMILES string of the molecule is NC(=O)c1cccnc1N1CCN(C(=O)[C@H]2CC3(CCNCC3)CN2)CC1. The van der Waals surface area contributed by atoms with Crippen molar-refractivity contribution in [2.75, 3.05) is 50.7 Å². The number of piperidine rings is 1. The zero-order chi connectivity index (χ0) is 18.9. The van der Waals surface area contributed by atoms with E-state index in [-0.39, 0.29) is 17.4 Å². The number of nitrogens with two attached hydrogens (primary N) is 1. The van der Waals surface area contributed by atoms with Gasteiger partial charge in [0.1, 0.15) is 5.82 Å². The van der Waals surface area contributed by atoms with Gasteiger partial charge in [-0.15, -0.1) is 0 Å². The quantitative estimate of drug-likeness (QED) is 0.665. The highest BCUT2D eigenvalue weighted by molar-refractivity contribution is 5.97. The van der Waals surface area contributed by atoms with Crippen molar-refractivity contribution in [3.8, 4) is 0 Å². The van der Waals surface area contributed by atoms with E-state index in [1.807, 2.05) is 9.80 Å². The van der Waals surface area contributed by atoms with E-state index in [0.717, 1.165) is 38.9 Å². The van der Waals surface area contributed by atoms with Crippen molar-refractivity contribution in [1.29, 1.82) is 0 Å². The maximum atomic E-state index is 13.0. The fourth-order valence-electron chi connectivity index (χ4n) is 4.63. The minimum Gasteiger partial charge on any atom is -0.365 e. The second kappa shape index (κ2) is 7.44. The molecule has 8 heteroatoms. The van der Waals surface area contributed by atoms with Crippen molar-refractivity contribution in [2.45, 2.75) is 25.3 Å². The molecule has 3 fully saturated rings. The third-order valence-electron chi connectivity index (χ3n) is 6.27. The zero-order valence-electron chi connectivity index (χ0n) is 15.6. The summed E-state index contributed by atoms with van der Waals surface area (Å²) in [6.07, 6.45) is 4.90. The Bertz CT molecular complexity index is 710. The van der Waals surface area contributed by atoms with Crippen LogP contribution in [0.25, 0.3) is 0 Å². The summed E-state index contributed by atoms with van der Waals surface area (Å²) in [6.45, 7) is 5.64. The highest BCUT2D eigenvalue weighted by Gasteiger charge is 2.43. The van der Waals surface area contributed by atoms with E-state index in [4.69, 9.17) is 5.73 Å². The Kier molecular flexibility index (Phi) is 5.01. The molecule has 1 aromatic heterocycles. The van der Waals surface area contributed by atoms with E-state index in [2.05, 4.69) is 15.6 Å². The minimum atomic E-state index is -0.473. The molecule has 3 aliphatic rings. The Morgan fingerprint density at radius 3 is 2.63 bits per heavy atom. The lowest BCUT2D eigenvalue weighted by atomic mass is 9.77. The molecule has 4 N–H and O–H groups in total. The third kappa shape index (κ3) is 3.64. The smallest absolute Gasteiger partial charge is 0.252 e. The molecule has 0 radical (unpaired) electrons. The highest BCUT2D eigenvalue weighted by Crippen LogP contribution is 2.37. The van der Waals surface area contributed by atoms with Gasteiger partial charge in [-0.2, -0.15) is 0 Å². The molecular weight excluding hydrogens is 344 g/mol. The lowest BCUT2D eigenvalue weighted by Gasteiger charge is -2.37. The maximum Gasteiger partial charge on any atom is 0.252 e. The van der Waals surface area contributed by atoms with Crippen LogP contribution in [-0.2, 0) is 4.79 Å². The summed E-state index contributed by atoms with van der Waals surface area (Å²) in [5.74, 6) is 0.352. The summed E-state index contributed by atoms with van der Waals surface area (Å²) >= 11 is 0. The molecule has 4 heterocycles. The molecule has 1 spiro atoms. The van der Waals surface area contributed by atoms with Gasteiger partial charge in [0.2, 0.25) is 5.91 Å². The molecule has 8 nitrogen and oxygen atoms in total. The Morgan fingerprint density at radius 2 is 1.93 bits per heavy atom. The molecule has 0 unspecified atom stereocenters. The van der Waals surface area contributed by atoms with Crippen molar-refractivity contribution in [3.63, 3.8) is 0 Å². The summed E-state index contributed by atoms with van der Waals surface area (Å²) in [6, 6.07) is 3.35. The van der Waals surface area contributed by atoms with E-state index in [1.54, 1.807) is 18.3 Å². The Hall–Kier alpha value is -2.19. The van der Waals surface area contributed by atoms with Gasteiger partial charge in [-0.05, 0) is 49.9 Å². The first kappa shape index (κ1) is 18.2. The minimum absolute atomic E-state index is 0.0642. The number of carbonyl (C=O) groups is 2. The highest BCUT2D eigenvalue weighted by atomic mass is 16.2. The number of nitrogens with zero attached hydrogens (tertiary/aromatic N) is 3. The van der Waals surface area contributed by atoms with Crippen molar-refractivity contribution in [1.82, 2.24) is 20.5 Å². The van der Waals surface area contributed by atoms with Gasteiger partial charge in [0.05, 0.1) is 11.6 Å². The number of piperazine rings is 1. The number of aromatic nitrogens is 1. The van der Waals surface area contributed by atoms with Gasteiger partial charge >= 0.3 is 0 Å². The molecule has 146 valence electrons. The number of hydrogen-bond acceptors (Lipinski definition) is 6. The summed E-state index contributed by atoms with van der Waals surface area (Å²) < 4.78 is 0. The summed E-state index contributed by atoms with van der Waals surface area (Å²) in [5, 5.41) is 6.88. The van der Waals surface area contributed by atoms with Crippen LogP contribution in [0.1, 0.15) is 29.6 Å². The van der Waals surface area contributed by atoms with Gasteiger partial charge in [0.15, 0.2) is 0 Å². The van der Waals surface area contributed by atoms with Crippen molar-refractivity contribution in [2.24, 2.45) is 11.1 Å². The Morgan fingerprint density at radius 1 is 1.19 bits per heavy atom. The molecule has 0 aromatic carbocycles. The average molecular weight is 372 g/mol. The first-order valence-electron chi connectivity index (χ1n) is 9.81.